The maximum atomic E-state index is 11.8. The zero-order valence-electron chi connectivity index (χ0n) is 11.9. The van der Waals surface area contributed by atoms with E-state index < -0.39 is 0 Å². The molecule has 2 aromatic rings. The van der Waals surface area contributed by atoms with E-state index in [0.29, 0.717) is 13.0 Å². The number of carbonyl (C=O) groups is 1. The van der Waals surface area contributed by atoms with Gasteiger partial charge in [-0.2, -0.15) is 0 Å². The molecule has 1 heterocycles. The Morgan fingerprint density at radius 1 is 1.25 bits per heavy atom. The largest absolute Gasteiger partial charge is 0.497 e. The van der Waals surface area contributed by atoms with Crippen LogP contribution in [0.3, 0.4) is 0 Å². The lowest BCUT2D eigenvalue weighted by Gasteiger charge is -2.07. The first-order chi connectivity index (χ1) is 9.69. The predicted molar refractivity (Wildman–Crippen MR) is 78.6 cm³/mol. The van der Waals surface area contributed by atoms with Gasteiger partial charge in [0.1, 0.15) is 5.75 Å². The van der Waals surface area contributed by atoms with Crippen LogP contribution in [0.2, 0.25) is 0 Å². The molecule has 0 saturated carbocycles. The molecule has 0 spiro atoms. The Morgan fingerprint density at radius 3 is 2.60 bits per heavy atom. The summed E-state index contributed by atoms with van der Waals surface area (Å²) in [5.74, 6) is 0.894. The first-order valence-electron chi connectivity index (χ1n) is 6.69. The van der Waals surface area contributed by atoms with Crippen LogP contribution >= 0.6 is 0 Å². The molecular formula is C16H20N2O2. The van der Waals surface area contributed by atoms with Gasteiger partial charge in [0.2, 0.25) is 5.91 Å². The zero-order valence-corrected chi connectivity index (χ0v) is 11.9. The molecule has 0 saturated heterocycles. The minimum absolute atomic E-state index is 0.0713. The molecule has 1 aromatic carbocycles. The van der Waals surface area contributed by atoms with Crippen LogP contribution < -0.4 is 10.1 Å². The predicted octanol–water partition coefficient (Wildman–Crippen LogP) is 2.28. The third-order valence-electron chi connectivity index (χ3n) is 3.31. The number of hydrogen-bond donors (Lipinski definition) is 1. The van der Waals surface area contributed by atoms with Crippen molar-refractivity contribution in [2.75, 3.05) is 7.11 Å². The summed E-state index contributed by atoms with van der Waals surface area (Å²) >= 11 is 0. The smallest absolute Gasteiger partial charge is 0.220 e. The molecule has 0 radical (unpaired) electrons. The van der Waals surface area contributed by atoms with Crippen molar-refractivity contribution in [3.8, 4) is 5.75 Å². The van der Waals surface area contributed by atoms with Gasteiger partial charge in [0.05, 0.1) is 7.11 Å². The lowest BCUT2D eigenvalue weighted by molar-refractivity contribution is -0.121. The Balaban J connectivity index is 1.75. The van der Waals surface area contributed by atoms with Gasteiger partial charge in [-0.05, 0) is 36.2 Å². The average molecular weight is 272 g/mol. The molecule has 20 heavy (non-hydrogen) atoms. The van der Waals surface area contributed by atoms with Crippen molar-refractivity contribution in [1.82, 2.24) is 9.88 Å². The van der Waals surface area contributed by atoms with E-state index in [1.807, 2.05) is 54.2 Å². The molecular weight excluding hydrogens is 252 g/mol. The molecule has 0 aliphatic rings. The van der Waals surface area contributed by atoms with Gasteiger partial charge in [0.15, 0.2) is 0 Å². The number of aryl methyl sites for hydroxylation is 2. The van der Waals surface area contributed by atoms with Crippen molar-refractivity contribution in [3.05, 3.63) is 53.9 Å². The molecule has 0 unspecified atom stereocenters. The van der Waals surface area contributed by atoms with Crippen molar-refractivity contribution in [3.63, 3.8) is 0 Å². The third kappa shape index (κ3) is 3.88. The molecule has 0 aliphatic heterocycles. The van der Waals surface area contributed by atoms with Crippen LogP contribution in [0.5, 0.6) is 5.75 Å². The van der Waals surface area contributed by atoms with Crippen molar-refractivity contribution in [1.29, 1.82) is 0 Å². The topological polar surface area (TPSA) is 43.3 Å². The van der Waals surface area contributed by atoms with E-state index in [0.717, 1.165) is 17.7 Å². The second-order valence-corrected chi connectivity index (χ2v) is 4.74. The van der Waals surface area contributed by atoms with Gasteiger partial charge in [0, 0.05) is 31.9 Å². The Labute approximate surface area is 119 Å². The molecule has 106 valence electrons. The molecule has 1 aromatic heterocycles. The number of ether oxygens (including phenoxy) is 1. The normalized spacial score (nSPS) is 10.3. The van der Waals surface area contributed by atoms with Crippen LogP contribution in [0.15, 0.2) is 42.6 Å². The van der Waals surface area contributed by atoms with Crippen LogP contribution in [0.1, 0.15) is 17.7 Å². The van der Waals surface area contributed by atoms with Gasteiger partial charge in [-0.3, -0.25) is 4.79 Å². The molecule has 2 rings (SSSR count). The lowest BCUT2D eigenvalue weighted by Crippen LogP contribution is -2.23. The number of aromatic nitrogens is 1. The summed E-state index contributed by atoms with van der Waals surface area (Å²) in [7, 11) is 3.63. The number of nitrogens with one attached hydrogen (secondary N) is 1. The standard InChI is InChI=1S/C16H20N2O2/c1-18-11-3-4-14(18)7-10-16(19)17-12-13-5-8-15(20-2)9-6-13/h3-6,8-9,11H,7,10,12H2,1-2H3,(H,17,19). The van der Waals surface area contributed by atoms with Gasteiger partial charge >= 0.3 is 0 Å². The summed E-state index contributed by atoms with van der Waals surface area (Å²) in [6.45, 7) is 0.552. The molecule has 0 atom stereocenters. The van der Waals surface area contributed by atoms with E-state index in [2.05, 4.69) is 5.32 Å². The van der Waals surface area contributed by atoms with Gasteiger partial charge in [-0.15, -0.1) is 0 Å². The highest BCUT2D eigenvalue weighted by Crippen LogP contribution is 2.11. The highest BCUT2D eigenvalue weighted by atomic mass is 16.5. The Bertz CT molecular complexity index is 558. The van der Waals surface area contributed by atoms with E-state index in [-0.39, 0.29) is 5.91 Å². The van der Waals surface area contributed by atoms with Crippen molar-refractivity contribution >= 4 is 5.91 Å². The Kier molecular flexibility index (Phi) is 4.82. The maximum absolute atomic E-state index is 11.8. The van der Waals surface area contributed by atoms with Crippen LogP contribution in [0.25, 0.3) is 0 Å². The molecule has 0 fully saturated rings. The summed E-state index contributed by atoms with van der Waals surface area (Å²) in [6, 6.07) is 11.7. The van der Waals surface area contributed by atoms with E-state index in [9.17, 15) is 4.79 Å². The summed E-state index contributed by atoms with van der Waals surface area (Å²) in [4.78, 5) is 11.8. The molecule has 0 bridgehead atoms. The first kappa shape index (κ1) is 14.2. The number of methoxy groups -OCH3 is 1. The van der Waals surface area contributed by atoms with Gasteiger partial charge in [-0.1, -0.05) is 12.1 Å². The second kappa shape index (κ2) is 6.80. The number of hydrogen-bond acceptors (Lipinski definition) is 2. The monoisotopic (exact) mass is 272 g/mol. The number of benzene rings is 1. The van der Waals surface area contributed by atoms with Gasteiger partial charge < -0.3 is 14.6 Å². The lowest BCUT2D eigenvalue weighted by atomic mass is 10.2. The van der Waals surface area contributed by atoms with Crippen molar-refractivity contribution in [2.45, 2.75) is 19.4 Å². The summed E-state index contributed by atoms with van der Waals surface area (Å²) < 4.78 is 7.13. The summed E-state index contributed by atoms with van der Waals surface area (Å²) in [5, 5.41) is 2.93. The van der Waals surface area contributed by atoms with Crippen LogP contribution in [-0.2, 0) is 24.8 Å². The fourth-order valence-electron chi connectivity index (χ4n) is 2.03. The van der Waals surface area contributed by atoms with Crippen molar-refractivity contribution in [2.24, 2.45) is 7.05 Å². The number of carbonyl (C=O) groups excluding carboxylic acids is 1. The quantitative estimate of drug-likeness (QED) is 0.876. The second-order valence-electron chi connectivity index (χ2n) is 4.74. The molecule has 1 N–H and O–H groups in total. The SMILES string of the molecule is COc1ccc(CNC(=O)CCc2cccn2C)cc1. The van der Waals surface area contributed by atoms with Gasteiger partial charge in [-0.25, -0.2) is 0 Å². The van der Waals surface area contributed by atoms with Crippen molar-refractivity contribution < 1.29 is 9.53 Å². The van der Waals surface area contributed by atoms with E-state index in [1.54, 1.807) is 7.11 Å². The molecule has 4 heteroatoms. The third-order valence-corrected chi connectivity index (χ3v) is 3.31. The molecule has 1 amide bonds. The molecule has 4 nitrogen and oxygen atoms in total. The van der Waals surface area contributed by atoms with Crippen LogP contribution in [0, 0.1) is 0 Å². The van der Waals surface area contributed by atoms with E-state index >= 15 is 0 Å². The highest BCUT2D eigenvalue weighted by Gasteiger charge is 2.04. The number of rotatable bonds is 6. The Hall–Kier alpha value is -2.23. The zero-order chi connectivity index (χ0) is 14.4. The first-order valence-corrected chi connectivity index (χ1v) is 6.69. The fourth-order valence-corrected chi connectivity index (χ4v) is 2.03. The summed E-state index contributed by atoms with van der Waals surface area (Å²) in [6.07, 6.45) is 3.26. The number of amides is 1. The summed E-state index contributed by atoms with van der Waals surface area (Å²) in [5.41, 5.74) is 2.24. The highest BCUT2D eigenvalue weighted by molar-refractivity contribution is 5.76. The van der Waals surface area contributed by atoms with Gasteiger partial charge in [0.25, 0.3) is 0 Å². The Morgan fingerprint density at radius 2 is 2.00 bits per heavy atom. The minimum atomic E-state index is 0.0713. The number of nitrogens with zero attached hydrogens (tertiary/aromatic N) is 1. The van der Waals surface area contributed by atoms with E-state index in [1.165, 1.54) is 5.69 Å². The van der Waals surface area contributed by atoms with E-state index in [4.69, 9.17) is 4.74 Å². The average Bonchev–Trinajstić information content (AvgIpc) is 2.89. The van der Waals surface area contributed by atoms with Crippen LogP contribution in [0.4, 0.5) is 0 Å². The van der Waals surface area contributed by atoms with Crippen LogP contribution in [-0.4, -0.2) is 17.6 Å². The molecule has 0 aliphatic carbocycles. The minimum Gasteiger partial charge on any atom is -0.497 e. The fraction of sp³-hybridized carbons (Fsp3) is 0.312. The maximum Gasteiger partial charge on any atom is 0.220 e.